The van der Waals surface area contributed by atoms with E-state index in [-0.39, 0.29) is 11.5 Å². The summed E-state index contributed by atoms with van der Waals surface area (Å²) in [5, 5.41) is 16.5. The van der Waals surface area contributed by atoms with Crippen molar-refractivity contribution in [3.63, 3.8) is 0 Å². The van der Waals surface area contributed by atoms with Crippen molar-refractivity contribution in [3.05, 3.63) is 32.2 Å². The van der Waals surface area contributed by atoms with Gasteiger partial charge in [-0.2, -0.15) is 5.10 Å². The van der Waals surface area contributed by atoms with Crippen molar-refractivity contribution in [3.8, 4) is 10.6 Å². The third-order valence-electron chi connectivity index (χ3n) is 4.71. The zero-order chi connectivity index (χ0) is 20.5. The first kappa shape index (κ1) is 20.8. The van der Waals surface area contributed by atoms with Gasteiger partial charge in [0.05, 0.1) is 17.0 Å². The van der Waals surface area contributed by atoms with E-state index in [9.17, 15) is 19.5 Å². The number of thiazole rings is 1. The lowest BCUT2D eigenvalue weighted by Crippen LogP contribution is -2.44. The molecule has 0 saturated carbocycles. The van der Waals surface area contributed by atoms with Crippen LogP contribution < -0.4 is 10.9 Å². The van der Waals surface area contributed by atoms with E-state index >= 15 is 0 Å². The van der Waals surface area contributed by atoms with Gasteiger partial charge < -0.3 is 10.4 Å². The Morgan fingerprint density at radius 2 is 1.89 bits per heavy atom. The highest BCUT2D eigenvalue weighted by Crippen LogP contribution is 2.28. The fraction of sp³-hybridized carbons (Fsp3) is 0.500. The SMILES string of the molecule is CCC(C)C(NC(=O)c1sc(-c2c(C)c(C)nn(C)c2=O)nc1C)C(=O)O. The van der Waals surface area contributed by atoms with Crippen molar-refractivity contribution in [1.82, 2.24) is 20.1 Å². The lowest BCUT2D eigenvalue weighted by molar-refractivity contribution is -0.140. The maximum Gasteiger partial charge on any atom is 0.326 e. The molecule has 2 aromatic heterocycles. The monoisotopic (exact) mass is 392 g/mol. The Morgan fingerprint density at radius 3 is 2.44 bits per heavy atom. The molecule has 0 fully saturated rings. The molecule has 0 spiro atoms. The van der Waals surface area contributed by atoms with Crippen LogP contribution in [0.4, 0.5) is 0 Å². The number of hydrogen-bond acceptors (Lipinski definition) is 6. The van der Waals surface area contributed by atoms with Crippen LogP contribution in [-0.4, -0.2) is 37.8 Å². The number of carboxylic acid groups (broad SMARTS) is 1. The first-order valence-corrected chi connectivity index (χ1v) is 9.46. The van der Waals surface area contributed by atoms with Gasteiger partial charge in [-0.05, 0) is 32.3 Å². The summed E-state index contributed by atoms with van der Waals surface area (Å²) in [6.45, 7) is 8.90. The van der Waals surface area contributed by atoms with Crippen molar-refractivity contribution < 1.29 is 14.7 Å². The lowest BCUT2D eigenvalue weighted by Gasteiger charge is -2.19. The number of carbonyl (C=O) groups is 2. The summed E-state index contributed by atoms with van der Waals surface area (Å²) >= 11 is 1.08. The summed E-state index contributed by atoms with van der Waals surface area (Å²) in [5.41, 5.74) is 1.99. The number of rotatable bonds is 6. The smallest absolute Gasteiger partial charge is 0.326 e. The number of aryl methyl sites for hydroxylation is 3. The summed E-state index contributed by atoms with van der Waals surface area (Å²) in [6, 6.07) is -0.981. The van der Waals surface area contributed by atoms with Crippen LogP contribution in [0.25, 0.3) is 10.6 Å². The second-order valence-corrected chi connectivity index (χ2v) is 7.62. The Kier molecular flexibility index (Phi) is 6.15. The van der Waals surface area contributed by atoms with Crippen molar-refractivity contribution in [2.75, 3.05) is 0 Å². The van der Waals surface area contributed by atoms with Gasteiger partial charge in [-0.25, -0.2) is 14.5 Å². The molecule has 27 heavy (non-hydrogen) atoms. The topological polar surface area (TPSA) is 114 Å². The number of carbonyl (C=O) groups excluding carboxylic acids is 1. The van der Waals surface area contributed by atoms with Gasteiger partial charge in [0.2, 0.25) is 0 Å². The molecule has 2 N–H and O–H groups in total. The Bertz CT molecular complexity index is 948. The van der Waals surface area contributed by atoms with Crippen LogP contribution in [0.1, 0.15) is 46.9 Å². The number of carboxylic acids is 1. The second-order valence-electron chi connectivity index (χ2n) is 6.62. The highest BCUT2D eigenvalue weighted by atomic mass is 32.1. The summed E-state index contributed by atoms with van der Waals surface area (Å²) < 4.78 is 1.25. The third kappa shape index (κ3) is 4.08. The van der Waals surface area contributed by atoms with Crippen molar-refractivity contribution in [1.29, 1.82) is 0 Å². The highest BCUT2D eigenvalue weighted by Gasteiger charge is 2.28. The summed E-state index contributed by atoms with van der Waals surface area (Å²) in [5.74, 6) is -1.78. The largest absolute Gasteiger partial charge is 0.480 e. The van der Waals surface area contributed by atoms with Crippen LogP contribution in [0.15, 0.2) is 4.79 Å². The molecule has 0 aliphatic heterocycles. The summed E-state index contributed by atoms with van der Waals surface area (Å²) in [4.78, 5) is 41.3. The van der Waals surface area contributed by atoms with Gasteiger partial charge in [-0.15, -0.1) is 11.3 Å². The highest BCUT2D eigenvalue weighted by molar-refractivity contribution is 7.17. The fourth-order valence-corrected chi connectivity index (χ4v) is 3.77. The zero-order valence-electron chi connectivity index (χ0n) is 16.3. The predicted octanol–water partition coefficient (Wildman–Crippen LogP) is 2.06. The maximum absolute atomic E-state index is 12.6. The third-order valence-corrected chi connectivity index (χ3v) is 5.88. The van der Waals surface area contributed by atoms with Gasteiger partial charge in [-0.3, -0.25) is 9.59 Å². The molecule has 0 aromatic carbocycles. The maximum atomic E-state index is 12.6. The van der Waals surface area contributed by atoms with E-state index in [0.717, 1.165) is 11.3 Å². The van der Waals surface area contributed by atoms with Gasteiger partial charge in [0.1, 0.15) is 15.9 Å². The molecule has 2 atom stereocenters. The van der Waals surface area contributed by atoms with E-state index in [1.807, 2.05) is 6.92 Å². The average Bonchev–Trinajstić information content (AvgIpc) is 2.98. The Hall–Kier alpha value is -2.55. The van der Waals surface area contributed by atoms with Crippen molar-refractivity contribution in [2.45, 2.75) is 47.1 Å². The first-order valence-electron chi connectivity index (χ1n) is 8.64. The molecule has 2 aromatic rings. The Morgan fingerprint density at radius 1 is 1.26 bits per heavy atom. The number of nitrogens with one attached hydrogen (secondary N) is 1. The number of nitrogens with zero attached hydrogens (tertiary/aromatic N) is 3. The van der Waals surface area contributed by atoms with E-state index < -0.39 is 17.9 Å². The molecule has 1 amide bonds. The van der Waals surface area contributed by atoms with Gasteiger partial charge >= 0.3 is 5.97 Å². The minimum absolute atomic E-state index is 0.212. The minimum Gasteiger partial charge on any atom is -0.480 e. The molecule has 8 nitrogen and oxygen atoms in total. The fourth-order valence-electron chi connectivity index (χ4n) is 2.70. The van der Waals surface area contributed by atoms with Crippen LogP contribution in [0.5, 0.6) is 0 Å². The molecule has 2 heterocycles. The minimum atomic E-state index is -1.07. The van der Waals surface area contributed by atoms with Crippen LogP contribution in [-0.2, 0) is 11.8 Å². The zero-order valence-corrected chi connectivity index (χ0v) is 17.1. The number of hydrogen-bond donors (Lipinski definition) is 2. The molecule has 2 rings (SSSR count). The molecule has 0 aliphatic rings. The number of aliphatic carboxylic acids is 1. The molecule has 0 radical (unpaired) electrons. The molecule has 9 heteroatoms. The van der Waals surface area contributed by atoms with Crippen LogP contribution in [0.3, 0.4) is 0 Å². The number of amides is 1. The van der Waals surface area contributed by atoms with E-state index in [1.165, 1.54) is 4.68 Å². The summed E-state index contributed by atoms with van der Waals surface area (Å²) in [6.07, 6.45) is 0.621. The molecule has 146 valence electrons. The molecule has 0 aliphatic carbocycles. The van der Waals surface area contributed by atoms with E-state index in [0.29, 0.717) is 38.8 Å². The Labute approximate surface area is 161 Å². The molecular weight excluding hydrogens is 368 g/mol. The van der Waals surface area contributed by atoms with Gasteiger partial charge in [-0.1, -0.05) is 20.3 Å². The quantitative estimate of drug-likeness (QED) is 0.778. The van der Waals surface area contributed by atoms with Crippen LogP contribution in [0.2, 0.25) is 0 Å². The van der Waals surface area contributed by atoms with Crippen molar-refractivity contribution in [2.24, 2.45) is 13.0 Å². The molecular formula is C18H24N4O4S. The normalized spacial score (nSPS) is 13.3. The number of aromatic nitrogens is 3. The Balaban J connectivity index is 2.44. The predicted molar refractivity (Wildman–Crippen MR) is 103 cm³/mol. The van der Waals surface area contributed by atoms with Gasteiger partial charge in [0.15, 0.2) is 0 Å². The lowest BCUT2D eigenvalue weighted by atomic mass is 9.99. The summed E-state index contributed by atoms with van der Waals surface area (Å²) in [7, 11) is 1.57. The van der Waals surface area contributed by atoms with Crippen LogP contribution in [0, 0.1) is 26.7 Å². The van der Waals surface area contributed by atoms with E-state index in [4.69, 9.17) is 0 Å². The average molecular weight is 392 g/mol. The first-order chi connectivity index (χ1) is 12.6. The van der Waals surface area contributed by atoms with Crippen LogP contribution >= 0.6 is 11.3 Å². The van der Waals surface area contributed by atoms with Crippen molar-refractivity contribution >= 4 is 23.2 Å². The molecule has 2 unspecified atom stereocenters. The molecule has 0 bridgehead atoms. The van der Waals surface area contributed by atoms with Gasteiger partial charge in [0.25, 0.3) is 11.5 Å². The van der Waals surface area contributed by atoms with E-state index in [2.05, 4.69) is 15.4 Å². The second kappa shape index (κ2) is 7.99. The standard InChI is InChI=1S/C18H24N4O4S/c1-7-8(2)13(18(25)26)20-15(23)14-11(5)19-16(27-14)12-9(3)10(4)21-22(6)17(12)24/h8,13H,7H2,1-6H3,(H,20,23)(H,25,26). The molecule has 0 saturated heterocycles. The van der Waals surface area contributed by atoms with E-state index in [1.54, 1.807) is 34.7 Å². The van der Waals surface area contributed by atoms with Gasteiger partial charge in [0, 0.05) is 7.05 Å².